The number of carbonyl (C=O) groups excluding carboxylic acids is 1. The lowest BCUT2D eigenvalue weighted by molar-refractivity contribution is -0.134. The molecule has 1 saturated heterocycles. The first-order valence-electron chi connectivity index (χ1n) is 9.16. The fourth-order valence-corrected chi connectivity index (χ4v) is 5.12. The van der Waals surface area contributed by atoms with Crippen LogP contribution in [0, 0.1) is 0 Å². The predicted molar refractivity (Wildman–Crippen MR) is 111 cm³/mol. The van der Waals surface area contributed by atoms with Crippen molar-refractivity contribution in [3.05, 3.63) is 52.1 Å². The quantitative estimate of drug-likeness (QED) is 0.618. The van der Waals surface area contributed by atoms with Crippen molar-refractivity contribution < 1.29 is 4.79 Å². The average molecular weight is 443 g/mol. The van der Waals surface area contributed by atoms with E-state index < -0.39 is 0 Å². The third-order valence-corrected chi connectivity index (χ3v) is 6.96. The number of thiophene rings is 1. The summed E-state index contributed by atoms with van der Waals surface area (Å²) in [5.74, 6) is 1.27. The fraction of sp³-hybridized carbons (Fsp3) is 0.350. The maximum atomic E-state index is 13.3. The molecule has 2 aromatic heterocycles. The van der Waals surface area contributed by atoms with Gasteiger partial charge in [-0.25, -0.2) is 9.97 Å². The smallest absolute Gasteiger partial charge is 0.233 e. The molecular weight excluding hydrogens is 424 g/mol. The van der Waals surface area contributed by atoms with Gasteiger partial charge in [0.05, 0.1) is 10.8 Å². The molecule has 1 aromatic carbocycles. The minimum absolute atomic E-state index is 0.281. The molecule has 0 unspecified atom stereocenters. The highest BCUT2D eigenvalue weighted by Gasteiger charge is 2.53. The highest BCUT2D eigenvalue weighted by molar-refractivity contribution is 9.10. The molecule has 1 amide bonds. The van der Waals surface area contributed by atoms with E-state index in [0.29, 0.717) is 0 Å². The maximum absolute atomic E-state index is 13.3. The van der Waals surface area contributed by atoms with Gasteiger partial charge in [-0.15, -0.1) is 11.3 Å². The van der Waals surface area contributed by atoms with E-state index in [9.17, 15) is 4.79 Å². The molecule has 0 N–H and O–H groups in total. The molecule has 5 rings (SSSR count). The Balaban J connectivity index is 1.32. The number of piperazine rings is 1. The Morgan fingerprint density at radius 2 is 1.93 bits per heavy atom. The summed E-state index contributed by atoms with van der Waals surface area (Å²) in [7, 11) is 0. The number of carbonyl (C=O) groups is 1. The zero-order valence-electron chi connectivity index (χ0n) is 14.8. The van der Waals surface area contributed by atoms with E-state index in [-0.39, 0.29) is 11.3 Å². The van der Waals surface area contributed by atoms with E-state index in [0.717, 1.165) is 65.1 Å². The van der Waals surface area contributed by atoms with E-state index in [1.54, 1.807) is 17.7 Å². The Labute approximate surface area is 170 Å². The SMILES string of the molecule is O=C(N1CCN(c2ncnc3sccc23)CC1)C1(c2cccc(Br)c2)CC1. The van der Waals surface area contributed by atoms with Gasteiger partial charge in [0.15, 0.2) is 0 Å². The van der Waals surface area contributed by atoms with Gasteiger partial charge in [0.1, 0.15) is 17.0 Å². The van der Waals surface area contributed by atoms with Crippen LogP contribution in [0.4, 0.5) is 5.82 Å². The molecule has 1 saturated carbocycles. The summed E-state index contributed by atoms with van der Waals surface area (Å²) in [5, 5.41) is 3.16. The second-order valence-electron chi connectivity index (χ2n) is 7.21. The molecule has 5 nitrogen and oxygen atoms in total. The number of halogens is 1. The number of aromatic nitrogens is 2. The lowest BCUT2D eigenvalue weighted by Gasteiger charge is -2.37. The van der Waals surface area contributed by atoms with Crippen LogP contribution in [0.5, 0.6) is 0 Å². The third-order valence-electron chi connectivity index (χ3n) is 5.64. The summed E-state index contributed by atoms with van der Waals surface area (Å²) >= 11 is 5.17. The van der Waals surface area contributed by atoms with Crippen LogP contribution in [0.25, 0.3) is 10.2 Å². The standard InChI is InChI=1S/C20H19BrN4OS/c21-15-3-1-2-14(12-15)20(5-6-20)19(26)25-9-7-24(8-10-25)17-16-4-11-27-18(16)23-13-22-17/h1-4,11-13H,5-10H2. The largest absolute Gasteiger partial charge is 0.352 e. The summed E-state index contributed by atoms with van der Waals surface area (Å²) < 4.78 is 1.03. The van der Waals surface area contributed by atoms with E-state index in [1.807, 2.05) is 17.0 Å². The van der Waals surface area contributed by atoms with Gasteiger partial charge in [0, 0.05) is 30.7 Å². The van der Waals surface area contributed by atoms with Gasteiger partial charge in [0.2, 0.25) is 5.91 Å². The van der Waals surface area contributed by atoms with Gasteiger partial charge in [-0.05, 0) is 42.0 Å². The van der Waals surface area contributed by atoms with Crippen LogP contribution in [0.2, 0.25) is 0 Å². The van der Waals surface area contributed by atoms with Crippen LogP contribution in [-0.2, 0) is 10.2 Å². The van der Waals surface area contributed by atoms with Gasteiger partial charge in [-0.2, -0.15) is 0 Å². The zero-order valence-corrected chi connectivity index (χ0v) is 17.2. The van der Waals surface area contributed by atoms with E-state index in [2.05, 4.69) is 54.4 Å². The number of benzene rings is 1. The molecule has 138 valence electrons. The molecule has 2 aliphatic rings. The van der Waals surface area contributed by atoms with E-state index >= 15 is 0 Å². The Bertz CT molecular complexity index is 1010. The van der Waals surface area contributed by atoms with Crippen molar-refractivity contribution in [2.45, 2.75) is 18.3 Å². The predicted octanol–water partition coefficient (Wildman–Crippen LogP) is 3.83. The van der Waals surface area contributed by atoms with Crippen molar-refractivity contribution >= 4 is 49.2 Å². The fourth-order valence-electron chi connectivity index (χ4n) is 3.99. The Morgan fingerprint density at radius 3 is 2.67 bits per heavy atom. The first kappa shape index (κ1) is 17.1. The summed E-state index contributed by atoms with van der Waals surface area (Å²) in [4.78, 5) is 27.4. The third kappa shape index (κ3) is 2.93. The first-order chi connectivity index (χ1) is 13.2. The maximum Gasteiger partial charge on any atom is 0.233 e. The van der Waals surface area contributed by atoms with Crippen LogP contribution in [0.15, 0.2) is 46.5 Å². The van der Waals surface area contributed by atoms with Crippen LogP contribution in [-0.4, -0.2) is 47.0 Å². The summed E-state index contributed by atoms with van der Waals surface area (Å²) in [6.07, 6.45) is 3.53. The molecule has 7 heteroatoms. The number of hydrogen-bond acceptors (Lipinski definition) is 5. The van der Waals surface area contributed by atoms with Gasteiger partial charge >= 0.3 is 0 Å². The van der Waals surface area contributed by atoms with Crippen molar-refractivity contribution in [1.82, 2.24) is 14.9 Å². The number of hydrogen-bond donors (Lipinski definition) is 0. The van der Waals surface area contributed by atoms with Crippen molar-refractivity contribution in [2.75, 3.05) is 31.1 Å². The molecule has 3 heterocycles. The number of rotatable bonds is 3. The first-order valence-corrected chi connectivity index (χ1v) is 10.8. The molecule has 0 atom stereocenters. The molecular formula is C20H19BrN4OS. The van der Waals surface area contributed by atoms with Crippen molar-refractivity contribution in [1.29, 1.82) is 0 Å². The molecule has 27 heavy (non-hydrogen) atoms. The molecule has 0 radical (unpaired) electrons. The van der Waals surface area contributed by atoms with Crippen molar-refractivity contribution in [3.63, 3.8) is 0 Å². The van der Waals surface area contributed by atoms with Crippen LogP contribution in [0.3, 0.4) is 0 Å². The minimum atomic E-state index is -0.304. The van der Waals surface area contributed by atoms with Crippen LogP contribution >= 0.6 is 27.3 Å². The van der Waals surface area contributed by atoms with Gasteiger partial charge in [0.25, 0.3) is 0 Å². The number of anilines is 1. The Morgan fingerprint density at radius 1 is 1.11 bits per heavy atom. The van der Waals surface area contributed by atoms with Crippen molar-refractivity contribution in [3.8, 4) is 0 Å². The number of fused-ring (bicyclic) bond motifs is 1. The second-order valence-corrected chi connectivity index (χ2v) is 9.02. The lowest BCUT2D eigenvalue weighted by Crippen LogP contribution is -2.51. The zero-order chi connectivity index (χ0) is 18.4. The normalized spacial score (nSPS) is 18.7. The Kier molecular flexibility index (Phi) is 4.16. The van der Waals surface area contributed by atoms with E-state index in [1.165, 1.54) is 0 Å². The van der Waals surface area contributed by atoms with Crippen LogP contribution < -0.4 is 4.90 Å². The highest BCUT2D eigenvalue weighted by Crippen LogP contribution is 2.50. The molecule has 1 aliphatic heterocycles. The lowest BCUT2D eigenvalue weighted by atomic mass is 9.94. The molecule has 2 fully saturated rings. The van der Waals surface area contributed by atoms with Gasteiger partial charge in [-0.1, -0.05) is 28.1 Å². The van der Waals surface area contributed by atoms with Crippen LogP contribution in [0.1, 0.15) is 18.4 Å². The minimum Gasteiger partial charge on any atom is -0.352 e. The van der Waals surface area contributed by atoms with Gasteiger partial charge < -0.3 is 9.80 Å². The Hall–Kier alpha value is -1.99. The summed E-state index contributed by atoms with van der Waals surface area (Å²) in [5.41, 5.74) is 0.835. The highest BCUT2D eigenvalue weighted by atomic mass is 79.9. The molecule has 3 aromatic rings. The van der Waals surface area contributed by atoms with Crippen molar-refractivity contribution in [2.24, 2.45) is 0 Å². The topological polar surface area (TPSA) is 49.3 Å². The van der Waals surface area contributed by atoms with Gasteiger partial charge in [-0.3, -0.25) is 4.79 Å². The number of amides is 1. The summed E-state index contributed by atoms with van der Waals surface area (Å²) in [6.45, 7) is 3.10. The molecule has 0 bridgehead atoms. The van der Waals surface area contributed by atoms with E-state index in [4.69, 9.17) is 0 Å². The monoisotopic (exact) mass is 442 g/mol. The number of nitrogens with zero attached hydrogens (tertiary/aromatic N) is 4. The summed E-state index contributed by atoms with van der Waals surface area (Å²) in [6, 6.07) is 10.3. The molecule has 0 spiro atoms. The second kappa shape index (κ2) is 6.56. The molecule has 1 aliphatic carbocycles. The average Bonchev–Trinajstić information content (AvgIpc) is 3.37.